The molecule has 0 saturated heterocycles. The van der Waals surface area contributed by atoms with Crippen LogP contribution in [-0.2, 0) is 20.6 Å². The Hall–Kier alpha value is -4.33. The van der Waals surface area contributed by atoms with Crippen LogP contribution in [0.4, 0.5) is 18.9 Å². The van der Waals surface area contributed by atoms with Crippen LogP contribution in [0.1, 0.15) is 24.0 Å². The van der Waals surface area contributed by atoms with Gasteiger partial charge in [-0.25, -0.2) is 0 Å². The minimum absolute atomic E-state index is 0.0277. The van der Waals surface area contributed by atoms with Crippen molar-refractivity contribution in [1.29, 1.82) is 0 Å². The van der Waals surface area contributed by atoms with Gasteiger partial charge in [-0.15, -0.1) is 0 Å². The molecule has 218 valence electrons. The van der Waals surface area contributed by atoms with Crippen LogP contribution in [-0.4, -0.2) is 59.8 Å². The van der Waals surface area contributed by atoms with E-state index in [2.05, 4.69) is 15.6 Å². The van der Waals surface area contributed by atoms with Crippen LogP contribution in [0.15, 0.2) is 66.5 Å². The molecule has 1 unspecified atom stereocenters. The summed E-state index contributed by atoms with van der Waals surface area (Å²) in [5.74, 6) is -1.78. The zero-order valence-corrected chi connectivity index (χ0v) is 22.2. The monoisotopic (exact) mass is 571 g/mol. The molecule has 3 aromatic rings. The van der Waals surface area contributed by atoms with Crippen molar-refractivity contribution in [3.8, 4) is 0 Å². The Kier molecular flexibility index (Phi) is 10.9. The van der Waals surface area contributed by atoms with E-state index in [4.69, 9.17) is 17.2 Å². The lowest BCUT2D eigenvalue weighted by molar-refractivity contribution is -0.137. The number of nitrogens with one attached hydrogen (secondary N) is 2. The number of aromatic nitrogens is 1. The molecule has 41 heavy (non-hydrogen) atoms. The summed E-state index contributed by atoms with van der Waals surface area (Å²) in [4.78, 5) is 44.4. The Morgan fingerprint density at radius 3 is 2.29 bits per heavy atom. The van der Waals surface area contributed by atoms with E-state index in [0.717, 1.165) is 17.5 Å². The molecule has 2 aromatic carbocycles. The van der Waals surface area contributed by atoms with Gasteiger partial charge in [0.05, 0.1) is 29.0 Å². The topological polar surface area (TPSA) is 169 Å². The fourth-order valence-corrected chi connectivity index (χ4v) is 3.90. The van der Waals surface area contributed by atoms with E-state index >= 15 is 0 Å². The number of carbonyl (C=O) groups excluding carboxylic acids is 3. The summed E-state index contributed by atoms with van der Waals surface area (Å²) in [5.41, 5.74) is 17.2. The van der Waals surface area contributed by atoms with Gasteiger partial charge in [0.15, 0.2) is 0 Å². The van der Waals surface area contributed by atoms with Crippen molar-refractivity contribution >= 4 is 40.4 Å². The number of carbonyl (C=O) groups is 3. The predicted molar refractivity (Wildman–Crippen MR) is 150 cm³/mol. The third kappa shape index (κ3) is 9.10. The summed E-state index contributed by atoms with van der Waals surface area (Å²) in [5, 5.41) is 5.84. The molecule has 0 aliphatic rings. The lowest BCUT2D eigenvalue weighted by Crippen LogP contribution is -2.44. The Balaban J connectivity index is 1.79. The maximum atomic E-state index is 13.2. The molecule has 0 aliphatic heterocycles. The fraction of sp³-hybridized carbons (Fsp3) is 0.286. The number of para-hydroxylation sites is 1. The summed E-state index contributed by atoms with van der Waals surface area (Å²) < 4.78 is 39.0. The van der Waals surface area contributed by atoms with Crippen LogP contribution in [0.5, 0.6) is 0 Å². The van der Waals surface area contributed by atoms with E-state index < -0.39 is 29.6 Å². The smallest absolute Gasteiger partial charge is 0.340 e. The van der Waals surface area contributed by atoms with E-state index in [9.17, 15) is 27.6 Å². The van der Waals surface area contributed by atoms with Crippen molar-refractivity contribution in [2.45, 2.75) is 25.1 Å². The van der Waals surface area contributed by atoms with E-state index in [1.54, 1.807) is 18.2 Å². The number of pyridine rings is 1. The molecule has 0 bridgehead atoms. The molecule has 0 radical (unpaired) electrons. The number of alkyl halides is 3. The second-order valence-electron chi connectivity index (χ2n) is 9.14. The number of nitrogens with zero attached hydrogens (tertiary/aromatic N) is 2. The normalized spacial score (nSPS) is 12.6. The van der Waals surface area contributed by atoms with Gasteiger partial charge < -0.3 is 32.7 Å². The van der Waals surface area contributed by atoms with Gasteiger partial charge in [-0.05, 0) is 42.3 Å². The first-order valence-corrected chi connectivity index (χ1v) is 12.8. The number of benzene rings is 2. The zero-order chi connectivity index (χ0) is 30.0. The Bertz CT molecular complexity index is 1390. The maximum absolute atomic E-state index is 13.2. The van der Waals surface area contributed by atoms with E-state index in [0.29, 0.717) is 24.3 Å². The van der Waals surface area contributed by atoms with Gasteiger partial charge in [-0.3, -0.25) is 19.4 Å². The van der Waals surface area contributed by atoms with Gasteiger partial charge in [0, 0.05) is 38.0 Å². The van der Waals surface area contributed by atoms with Crippen LogP contribution in [0, 0.1) is 0 Å². The third-order valence-corrected chi connectivity index (χ3v) is 6.06. The summed E-state index contributed by atoms with van der Waals surface area (Å²) in [6, 6.07) is 11.8. The summed E-state index contributed by atoms with van der Waals surface area (Å²) in [7, 11) is 0. The van der Waals surface area contributed by atoms with Gasteiger partial charge in [0.25, 0.3) is 5.91 Å². The minimum atomic E-state index is -4.53. The second kappa shape index (κ2) is 14.3. The molecule has 1 heterocycles. The van der Waals surface area contributed by atoms with Crippen molar-refractivity contribution in [2.24, 2.45) is 17.2 Å². The first kappa shape index (κ1) is 31.2. The number of amides is 3. The molecule has 0 spiro atoms. The lowest BCUT2D eigenvalue weighted by atomic mass is 10.1. The average Bonchev–Trinajstić information content (AvgIpc) is 2.94. The molecule has 1 aromatic heterocycles. The Morgan fingerprint density at radius 1 is 1.00 bits per heavy atom. The number of rotatable bonds is 12. The van der Waals surface area contributed by atoms with Gasteiger partial charge >= 0.3 is 6.18 Å². The number of fused-ring (bicyclic) bond motifs is 1. The van der Waals surface area contributed by atoms with E-state index in [1.165, 1.54) is 29.3 Å². The summed E-state index contributed by atoms with van der Waals surface area (Å²) >= 11 is 0. The highest BCUT2D eigenvalue weighted by molar-refractivity contribution is 6.09. The first-order chi connectivity index (χ1) is 19.5. The van der Waals surface area contributed by atoms with Gasteiger partial charge in [-0.2, -0.15) is 13.2 Å². The van der Waals surface area contributed by atoms with Crippen LogP contribution in [0.25, 0.3) is 17.0 Å². The zero-order valence-electron chi connectivity index (χ0n) is 22.2. The Labute approximate surface area is 234 Å². The van der Waals surface area contributed by atoms with Crippen molar-refractivity contribution in [2.75, 3.05) is 31.5 Å². The van der Waals surface area contributed by atoms with Crippen LogP contribution in [0.2, 0.25) is 0 Å². The molecule has 3 rings (SSSR count). The molecule has 0 aliphatic carbocycles. The Morgan fingerprint density at radius 2 is 1.66 bits per heavy atom. The third-order valence-electron chi connectivity index (χ3n) is 6.06. The molecule has 3 amide bonds. The second-order valence-corrected chi connectivity index (χ2v) is 9.14. The molecule has 0 saturated carbocycles. The number of nitrogens with two attached hydrogens (primary N) is 3. The molecule has 1 atom stereocenters. The molecule has 10 nitrogen and oxygen atoms in total. The highest BCUT2D eigenvalue weighted by Gasteiger charge is 2.30. The maximum Gasteiger partial charge on any atom is 0.416 e. The first-order valence-electron chi connectivity index (χ1n) is 12.8. The molecule has 13 heteroatoms. The van der Waals surface area contributed by atoms with Crippen molar-refractivity contribution in [3.05, 3.63) is 77.6 Å². The van der Waals surface area contributed by atoms with Gasteiger partial charge in [-0.1, -0.05) is 30.3 Å². The highest BCUT2D eigenvalue weighted by atomic mass is 19.4. The summed E-state index contributed by atoms with van der Waals surface area (Å²) in [6.07, 6.45) is -1.96. The van der Waals surface area contributed by atoms with Crippen molar-refractivity contribution in [3.63, 3.8) is 0 Å². The standard InChI is InChI=1S/C28H32F3N7O3/c29-28(30,31)20-7-5-18(6-8-20)15-24(27(41)36-21-16-19-3-1-2-4-23(19)35-17-21)37-26(40)22(34)9-10-25(39)38(13-11-32)14-12-33/h1-8,15-17,22H,9-14,32-34H2,(H,36,41)(H,37,40). The highest BCUT2D eigenvalue weighted by Crippen LogP contribution is 2.29. The van der Waals surface area contributed by atoms with Crippen molar-refractivity contribution < 1.29 is 27.6 Å². The van der Waals surface area contributed by atoms with Crippen molar-refractivity contribution in [1.82, 2.24) is 15.2 Å². The van der Waals surface area contributed by atoms with Gasteiger partial charge in [0.1, 0.15) is 5.70 Å². The average molecular weight is 572 g/mol. The van der Waals surface area contributed by atoms with Crippen LogP contribution >= 0.6 is 0 Å². The quantitative estimate of drug-likeness (QED) is 0.208. The fourth-order valence-electron chi connectivity index (χ4n) is 3.90. The number of hydrogen-bond acceptors (Lipinski definition) is 7. The van der Waals surface area contributed by atoms with Crippen LogP contribution in [0.3, 0.4) is 0 Å². The minimum Gasteiger partial charge on any atom is -0.340 e. The van der Waals surface area contributed by atoms with Crippen LogP contribution < -0.4 is 27.8 Å². The van der Waals surface area contributed by atoms with E-state index in [1.807, 2.05) is 12.1 Å². The lowest BCUT2D eigenvalue weighted by Gasteiger charge is -2.22. The molecular weight excluding hydrogens is 539 g/mol. The number of halogens is 3. The predicted octanol–water partition coefficient (Wildman–Crippen LogP) is 2.20. The molecule has 8 N–H and O–H groups in total. The largest absolute Gasteiger partial charge is 0.416 e. The number of hydrogen-bond donors (Lipinski definition) is 5. The number of anilines is 1. The van der Waals surface area contributed by atoms with Gasteiger partial charge in [0.2, 0.25) is 11.8 Å². The van der Waals surface area contributed by atoms with E-state index in [-0.39, 0.29) is 43.1 Å². The SMILES string of the molecule is NCCN(CCN)C(=O)CCC(N)C(=O)NC(=Cc1ccc(C(F)(F)F)cc1)C(=O)Nc1cnc2ccccc2c1. The molecule has 0 fully saturated rings. The summed E-state index contributed by atoms with van der Waals surface area (Å²) in [6.45, 7) is 1.11. The molecular formula is C28H32F3N7O3.